The first-order chi connectivity index (χ1) is 9.78. The molecule has 3 heterocycles. The molecular weight excluding hydrogens is 274 g/mol. The number of pyridine rings is 1. The molecular formula is C15H16ClN3O. The number of aryl methyl sites for hydroxylation is 4. The molecule has 0 saturated heterocycles. The number of aromatic nitrogens is 3. The zero-order valence-electron chi connectivity index (χ0n) is 11.3. The first-order valence-corrected chi connectivity index (χ1v) is 7.22. The van der Waals surface area contributed by atoms with Gasteiger partial charge in [-0.2, -0.15) is 0 Å². The minimum absolute atomic E-state index is 0.559. The van der Waals surface area contributed by atoms with Crippen LogP contribution >= 0.6 is 11.6 Å². The Morgan fingerprint density at radius 1 is 1.20 bits per heavy atom. The average Bonchev–Trinajstić information content (AvgIpc) is 3.04. The Labute approximate surface area is 122 Å². The number of nitrogens with zero attached hydrogens (tertiary/aromatic N) is 3. The van der Waals surface area contributed by atoms with Gasteiger partial charge in [0.2, 0.25) is 0 Å². The minimum Gasteiger partial charge on any atom is -0.469 e. The summed E-state index contributed by atoms with van der Waals surface area (Å²) in [5.74, 6) is 2.51. The van der Waals surface area contributed by atoms with Gasteiger partial charge in [-0.25, -0.2) is 9.97 Å². The molecule has 0 unspecified atom stereocenters. The lowest BCUT2D eigenvalue weighted by molar-refractivity contribution is 0.490. The molecule has 3 rings (SSSR count). The summed E-state index contributed by atoms with van der Waals surface area (Å²) in [4.78, 5) is 9.23. The molecule has 3 aromatic heterocycles. The predicted molar refractivity (Wildman–Crippen MR) is 79.1 cm³/mol. The van der Waals surface area contributed by atoms with Gasteiger partial charge in [0.1, 0.15) is 17.1 Å². The number of furan rings is 1. The van der Waals surface area contributed by atoms with Crippen LogP contribution in [0.5, 0.6) is 0 Å². The van der Waals surface area contributed by atoms with Crippen LogP contribution in [0.4, 0.5) is 0 Å². The molecule has 0 aliphatic heterocycles. The van der Waals surface area contributed by atoms with Crippen molar-refractivity contribution in [1.29, 1.82) is 0 Å². The number of hydrogen-bond donors (Lipinski definition) is 0. The number of fused-ring (bicyclic) bond motifs is 1. The fraction of sp³-hybridized carbons (Fsp3) is 0.333. The Morgan fingerprint density at radius 2 is 2.10 bits per heavy atom. The van der Waals surface area contributed by atoms with E-state index in [-0.39, 0.29) is 0 Å². The normalized spacial score (nSPS) is 11.3. The number of alkyl halides is 1. The molecule has 3 aromatic rings. The summed E-state index contributed by atoms with van der Waals surface area (Å²) in [5, 5.41) is 0. The van der Waals surface area contributed by atoms with Crippen LogP contribution in [0.1, 0.15) is 17.3 Å². The van der Waals surface area contributed by atoms with Gasteiger partial charge < -0.3 is 8.98 Å². The second-order valence-electron chi connectivity index (χ2n) is 4.74. The fourth-order valence-corrected chi connectivity index (χ4v) is 2.50. The van der Waals surface area contributed by atoms with Crippen molar-refractivity contribution in [2.75, 3.05) is 5.88 Å². The standard InChI is InChI=1S/C15H16ClN3O/c1-11-4-5-13-15(17-11)19(14(18-13)6-8-16)9-7-12-3-2-10-20-12/h2-5,10H,6-9H2,1H3. The van der Waals surface area contributed by atoms with Crippen molar-refractivity contribution < 1.29 is 4.42 Å². The van der Waals surface area contributed by atoms with Crippen LogP contribution in [0.25, 0.3) is 11.2 Å². The van der Waals surface area contributed by atoms with E-state index in [0.29, 0.717) is 5.88 Å². The summed E-state index contributed by atoms with van der Waals surface area (Å²) in [6.07, 6.45) is 3.27. The molecule has 0 fully saturated rings. The molecule has 4 nitrogen and oxygen atoms in total. The predicted octanol–water partition coefficient (Wildman–Crippen LogP) is 3.36. The lowest BCUT2D eigenvalue weighted by Crippen LogP contribution is -2.07. The number of rotatable bonds is 5. The van der Waals surface area contributed by atoms with Gasteiger partial charge in [0.05, 0.1) is 6.26 Å². The summed E-state index contributed by atoms with van der Waals surface area (Å²) in [5.41, 5.74) is 2.85. The monoisotopic (exact) mass is 289 g/mol. The summed E-state index contributed by atoms with van der Waals surface area (Å²) < 4.78 is 7.53. The van der Waals surface area contributed by atoms with E-state index in [1.54, 1.807) is 6.26 Å². The smallest absolute Gasteiger partial charge is 0.160 e. The van der Waals surface area contributed by atoms with Gasteiger partial charge in [-0.15, -0.1) is 11.6 Å². The van der Waals surface area contributed by atoms with Crippen LogP contribution in [-0.2, 0) is 19.4 Å². The van der Waals surface area contributed by atoms with Crippen LogP contribution < -0.4 is 0 Å². The van der Waals surface area contributed by atoms with E-state index in [0.717, 1.165) is 47.8 Å². The Bertz CT molecular complexity index is 703. The molecule has 0 spiro atoms. The largest absolute Gasteiger partial charge is 0.469 e. The van der Waals surface area contributed by atoms with Crippen molar-refractivity contribution >= 4 is 22.8 Å². The maximum absolute atomic E-state index is 5.87. The zero-order chi connectivity index (χ0) is 13.9. The topological polar surface area (TPSA) is 43.9 Å². The number of halogens is 1. The summed E-state index contributed by atoms with van der Waals surface area (Å²) in [6.45, 7) is 2.79. The van der Waals surface area contributed by atoms with Crippen molar-refractivity contribution in [2.24, 2.45) is 0 Å². The second-order valence-corrected chi connectivity index (χ2v) is 5.12. The lowest BCUT2D eigenvalue weighted by atomic mass is 10.3. The summed E-state index contributed by atoms with van der Waals surface area (Å²) in [6, 6.07) is 7.89. The molecule has 0 radical (unpaired) electrons. The van der Waals surface area contributed by atoms with Crippen molar-refractivity contribution in [3.05, 3.63) is 47.8 Å². The van der Waals surface area contributed by atoms with Crippen LogP contribution in [0.15, 0.2) is 34.9 Å². The van der Waals surface area contributed by atoms with E-state index in [4.69, 9.17) is 16.0 Å². The van der Waals surface area contributed by atoms with Gasteiger partial charge in [-0.3, -0.25) is 0 Å². The van der Waals surface area contributed by atoms with Crippen molar-refractivity contribution in [2.45, 2.75) is 26.3 Å². The van der Waals surface area contributed by atoms with E-state index >= 15 is 0 Å². The Morgan fingerprint density at radius 3 is 2.85 bits per heavy atom. The van der Waals surface area contributed by atoms with Crippen LogP contribution in [0.3, 0.4) is 0 Å². The zero-order valence-corrected chi connectivity index (χ0v) is 12.1. The summed E-state index contributed by atoms with van der Waals surface area (Å²) in [7, 11) is 0. The van der Waals surface area contributed by atoms with Gasteiger partial charge >= 0.3 is 0 Å². The Hall–Kier alpha value is -1.81. The quantitative estimate of drug-likeness (QED) is 0.677. The highest BCUT2D eigenvalue weighted by atomic mass is 35.5. The Kier molecular flexibility index (Phi) is 3.74. The second kappa shape index (κ2) is 5.67. The van der Waals surface area contributed by atoms with Crippen LogP contribution in [0, 0.1) is 6.92 Å². The fourth-order valence-electron chi connectivity index (χ4n) is 2.33. The highest BCUT2D eigenvalue weighted by molar-refractivity contribution is 6.17. The van der Waals surface area contributed by atoms with Crippen molar-refractivity contribution in [3.8, 4) is 0 Å². The van der Waals surface area contributed by atoms with E-state index in [2.05, 4.69) is 14.5 Å². The summed E-state index contributed by atoms with van der Waals surface area (Å²) >= 11 is 5.87. The molecule has 0 N–H and O–H groups in total. The van der Waals surface area contributed by atoms with E-state index in [1.165, 1.54) is 0 Å². The average molecular weight is 290 g/mol. The highest BCUT2D eigenvalue weighted by Crippen LogP contribution is 2.17. The number of hydrogen-bond acceptors (Lipinski definition) is 3. The molecule has 0 aromatic carbocycles. The van der Waals surface area contributed by atoms with Gasteiger partial charge in [0, 0.05) is 31.0 Å². The number of imidazole rings is 1. The molecule has 0 saturated carbocycles. The Balaban J connectivity index is 1.96. The van der Waals surface area contributed by atoms with Gasteiger partial charge in [-0.1, -0.05) is 0 Å². The van der Waals surface area contributed by atoms with Gasteiger partial charge in [-0.05, 0) is 31.2 Å². The first kappa shape index (κ1) is 13.2. The first-order valence-electron chi connectivity index (χ1n) is 6.69. The van der Waals surface area contributed by atoms with Gasteiger partial charge in [0.25, 0.3) is 0 Å². The molecule has 0 aliphatic rings. The van der Waals surface area contributed by atoms with E-state index < -0.39 is 0 Å². The van der Waals surface area contributed by atoms with Crippen molar-refractivity contribution in [1.82, 2.24) is 14.5 Å². The highest BCUT2D eigenvalue weighted by Gasteiger charge is 2.12. The van der Waals surface area contributed by atoms with Crippen LogP contribution in [0.2, 0.25) is 0 Å². The van der Waals surface area contributed by atoms with Gasteiger partial charge in [0.15, 0.2) is 5.65 Å². The molecule has 0 amide bonds. The van der Waals surface area contributed by atoms with E-state index in [9.17, 15) is 0 Å². The van der Waals surface area contributed by atoms with Crippen molar-refractivity contribution in [3.63, 3.8) is 0 Å². The van der Waals surface area contributed by atoms with E-state index in [1.807, 2.05) is 31.2 Å². The third-order valence-electron chi connectivity index (χ3n) is 3.29. The third kappa shape index (κ3) is 2.56. The van der Waals surface area contributed by atoms with Crippen LogP contribution in [-0.4, -0.2) is 20.4 Å². The maximum atomic E-state index is 5.87. The minimum atomic E-state index is 0.559. The molecule has 0 bridgehead atoms. The third-order valence-corrected chi connectivity index (χ3v) is 3.48. The SMILES string of the molecule is Cc1ccc2nc(CCCl)n(CCc3ccco3)c2n1. The molecule has 104 valence electrons. The molecule has 0 aliphatic carbocycles. The maximum Gasteiger partial charge on any atom is 0.160 e. The molecule has 5 heteroatoms. The molecule has 0 atom stereocenters. The molecule has 20 heavy (non-hydrogen) atoms. The lowest BCUT2D eigenvalue weighted by Gasteiger charge is -2.07.